The summed E-state index contributed by atoms with van der Waals surface area (Å²) < 4.78 is 0. The van der Waals surface area contributed by atoms with Crippen LogP contribution < -0.4 is 5.32 Å². The zero-order valence-electron chi connectivity index (χ0n) is 13.1. The van der Waals surface area contributed by atoms with Crippen LogP contribution in [-0.2, 0) is 0 Å². The van der Waals surface area contributed by atoms with E-state index in [1.807, 2.05) is 54.6 Å². The van der Waals surface area contributed by atoms with Crippen molar-refractivity contribution in [1.29, 1.82) is 0 Å². The largest absolute Gasteiger partial charge is 0.353 e. The summed E-state index contributed by atoms with van der Waals surface area (Å²) in [5.74, 6) is 0.157. The fraction of sp³-hybridized carbons (Fsp3) is 0.100. The SMILES string of the molecule is O=C1CCC=Cc2[nH]c(-c3ccncc3)c(Nc3ccccc3)c21. The molecule has 24 heavy (non-hydrogen) atoms. The lowest BCUT2D eigenvalue weighted by atomic mass is 10.0. The number of aromatic amines is 1. The van der Waals surface area contributed by atoms with Gasteiger partial charge < -0.3 is 10.3 Å². The van der Waals surface area contributed by atoms with Crippen molar-refractivity contribution < 1.29 is 4.79 Å². The average molecular weight is 315 g/mol. The number of pyridine rings is 1. The summed E-state index contributed by atoms with van der Waals surface area (Å²) in [6.45, 7) is 0. The highest BCUT2D eigenvalue weighted by Crippen LogP contribution is 2.37. The van der Waals surface area contributed by atoms with E-state index in [0.717, 1.165) is 40.3 Å². The molecule has 3 aromatic rings. The first-order valence-corrected chi connectivity index (χ1v) is 8.01. The average Bonchev–Trinajstić information content (AvgIpc) is 2.88. The van der Waals surface area contributed by atoms with Crippen molar-refractivity contribution in [2.45, 2.75) is 12.8 Å². The summed E-state index contributed by atoms with van der Waals surface area (Å²) in [6, 6.07) is 13.8. The maximum atomic E-state index is 12.6. The molecule has 0 spiro atoms. The van der Waals surface area contributed by atoms with Crippen molar-refractivity contribution in [3.63, 3.8) is 0 Å². The van der Waals surface area contributed by atoms with E-state index in [4.69, 9.17) is 0 Å². The van der Waals surface area contributed by atoms with E-state index in [1.54, 1.807) is 12.4 Å². The van der Waals surface area contributed by atoms with Crippen molar-refractivity contribution in [3.8, 4) is 11.3 Å². The topological polar surface area (TPSA) is 57.8 Å². The van der Waals surface area contributed by atoms with Gasteiger partial charge in [0.2, 0.25) is 0 Å². The van der Waals surface area contributed by atoms with E-state index >= 15 is 0 Å². The third-order valence-corrected chi connectivity index (χ3v) is 4.14. The van der Waals surface area contributed by atoms with Crippen LogP contribution in [0, 0.1) is 0 Å². The third-order valence-electron chi connectivity index (χ3n) is 4.14. The Balaban J connectivity index is 1.90. The van der Waals surface area contributed by atoms with Crippen LogP contribution in [0.3, 0.4) is 0 Å². The number of hydrogen-bond donors (Lipinski definition) is 2. The van der Waals surface area contributed by atoms with E-state index in [9.17, 15) is 4.79 Å². The third kappa shape index (κ3) is 2.63. The van der Waals surface area contributed by atoms with Crippen molar-refractivity contribution in [2.24, 2.45) is 0 Å². The van der Waals surface area contributed by atoms with Crippen LogP contribution in [0.15, 0.2) is 60.9 Å². The van der Waals surface area contributed by atoms with Gasteiger partial charge >= 0.3 is 0 Å². The Kier molecular flexibility index (Phi) is 3.71. The van der Waals surface area contributed by atoms with Gasteiger partial charge in [-0.15, -0.1) is 0 Å². The summed E-state index contributed by atoms with van der Waals surface area (Å²) in [4.78, 5) is 20.1. The van der Waals surface area contributed by atoms with Crippen molar-refractivity contribution in [1.82, 2.24) is 9.97 Å². The van der Waals surface area contributed by atoms with Crippen molar-refractivity contribution in [3.05, 3.63) is 72.2 Å². The molecule has 0 aliphatic heterocycles. The molecule has 2 aromatic heterocycles. The lowest BCUT2D eigenvalue weighted by molar-refractivity contribution is 0.0985. The summed E-state index contributed by atoms with van der Waals surface area (Å²) in [7, 11) is 0. The van der Waals surface area contributed by atoms with E-state index in [-0.39, 0.29) is 5.78 Å². The molecule has 0 saturated heterocycles. The lowest BCUT2D eigenvalue weighted by Crippen LogP contribution is -2.02. The lowest BCUT2D eigenvalue weighted by Gasteiger charge is -2.10. The van der Waals surface area contributed by atoms with Crippen LogP contribution in [0.2, 0.25) is 0 Å². The molecule has 0 fully saturated rings. The number of aromatic nitrogens is 2. The minimum atomic E-state index is 0.157. The zero-order chi connectivity index (χ0) is 16.4. The molecule has 4 rings (SSSR count). The maximum absolute atomic E-state index is 12.6. The monoisotopic (exact) mass is 315 g/mol. The standard InChI is InChI=1S/C20H17N3O/c24-17-9-5-4-8-16-18(17)20(22-15-6-2-1-3-7-15)19(23-16)14-10-12-21-13-11-14/h1-4,6-8,10-13,22-23H,5,9H2. The number of para-hydroxylation sites is 1. The predicted octanol–water partition coefficient (Wildman–Crippen LogP) is 4.81. The second-order valence-electron chi connectivity index (χ2n) is 5.75. The number of hydrogen-bond acceptors (Lipinski definition) is 3. The molecule has 0 bridgehead atoms. The molecule has 1 aliphatic rings. The van der Waals surface area contributed by atoms with E-state index in [1.165, 1.54) is 0 Å². The molecular weight excluding hydrogens is 298 g/mol. The molecule has 1 aromatic carbocycles. The molecule has 118 valence electrons. The first-order valence-electron chi connectivity index (χ1n) is 8.01. The van der Waals surface area contributed by atoms with Gasteiger partial charge in [-0.1, -0.05) is 24.3 Å². The van der Waals surface area contributed by atoms with Gasteiger partial charge in [-0.3, -0.25) is 9.78 Å². The van der Waals surface area contributed by atoms with Gasteiger partial charge in [0, 0.05) is 30.1 Å². The van der Waals surface area contributed by atoms with Gasteiger partial charge in [0.1, 0.15) is 0 Å². The van der Waals surface area contributed by atoms with Gasteiger partial charge in [0.15, 0.2) is 5.78 Å². The van der Waals surface area contributed by atoms with Crippen LogP contribution in [0.5, 0.6) is 0 Å². The number of rotatable bonds is 3. The van der Waals surface area contributed by atoms with Crippen LogP contribution in [0.25, 0.3) is 17.3 Å². The summed E-state index contributed by atoms with van der Waals surface area (Å²) in [5.41, 5.74) is 5.29. The van der Waals surface area contributed by atoms with Crippen LogP contribution in [-0.4, -0.2) is 15.8 Å². The predicted molar refractivity (Wildman–Crippen MR) is 96.3 cm³/mol. The second-order valence-corrected chi connectivity index (χ2v) is 5.75. The highest BCUT2D eigenvalue weighted by Gasteiger charge is 2.24. The molecule has 0 amide bonds. The van der Waals surface area contributed by atoms with Crippen molar-refractivity contribution in [2.75, 3.05) is 5.32 Å². The van der Waals surface area contributed by atoms with Crippen LogP contribution >= 0.6 is 0 Å². The smallest absolute Gasteiger partial charge is 0.167 e. The first-order chi connectivity index (χ1) is 11.8. The quantitative estimate of drug-likeness (QED) is 0.729. The number of carbonyl (C=O) groups is 1. The Morgan fingerprint density at radius 1 is 1.04 bits per heavy atom. The molecule has 4 nitrogen and oxygen atoms in total. The Hall–Kier alpha value is -3.14. The maximum Gasteiger partial charge on any atom is 0.167 e. The minimum absolute atomic E-state index is 0.157. The number of H-pyrrole nitrogens is 1. The molecule has 1 aliphatic carbocycles. The summed E-state index contributed by atoms with van der Waals surface area (Å²) in [5, 5.41) is 3.43. The van der Waals surface area contributed by atoms with Crippen LogP contribution in [0.1, 0.15) is 28.9 Å². The fourth-order valence-corrected chi connectivity index (χ4v) is 3.00. The number of Topliss-reactive ketones (excluding diaryl/α,β-unsaturated/α-hetero) is 1. The molecule has 0 unspecified atom stereocenters. The van der Waals surface area contributed by atoms with Gasteiger partial charge in [-0.05, 0) is 36.8 Å². The van der Waals surface area contributed by atoms with Gasteiger partial charge in [-0.2, -0.15) is 0 Å². The number of allylic oxidation sites excluding steroid dienone is 1. The van der Waals surface area contributed by atoms with Gasteiger partial charge in [-0.25, -0.2) is 0 Å². The molecular formula is C20H17N3O. The molecule has 2 N–H and O–H groups in total. The number of anilines is 2. The highest BCUT2D eigenvalue weighted by atomic mass is 16.1. The number of fused-ring (bicyclic) bond motifs is 1. The Morgan fingerprint density at radius 3 is 2.62 bits per heavy atom. The van der Waals surface area contributed by atoms with Gasteiger partial charge in [0.05, 0.1) is 22.6 Å². The zero-order valence-corrected chi connectivity index (χ0v) is 13.1. The molecule has 4 heteroatoms. The molecule has 0 atom stereocenters. The summed E-state index contributed by atoms with van der Waals surface area (Å²) >= 11 is 0. The normalized spacial score (nSPS) is 13.4. The van der Waals surface area contributed by atoms with Crippen molar-refractivity contribution >= 4 is 23.2 Å². The van der Waals surface area contributed by atoms with E-state index < -0.39 is 0 Å². The highest BCUT2D eigenvalue weighted by molar-refractivity contribution is 6.08. The minimum Gasteiger partial charge on any atom is -0.353 e. The Bertz CT molecular complexity index is 895. The number of benzene rings is 1. The summed E-state index contributed by atoms with van der Waals surface area (Å²) in [6.07, 6.45) is 8.86. The molecule has 0 saturated carbocycles. The number of nitrogens with zero attached hydrogens (tertiary/aromatic N) is 1. The second kappa shape index (κ2) is 6.16. The number of carbonyl (C=O) groups excluding carboxylic acids is 1. The Labute approximate surface area is 140 Å². The van der Waals surface area contributed by atoms with Crippen LogP contribution in [0.4, 0.5) is 11.4 Å². The molecule has 2 heterocycles. The number of nitrogens with one attached hydrogen (secondary N) is 2. The fourth-order valence-electron chi connectivity index (χ4n) is 3.00. The number of ketones is 1. The first kappa shape index (κ1) is 14.5. The van der Waals surface area contributed by atoms with E-state index in [2.05, 4.69) is 15.3 Å². The molecule has 0 radical (unpaired) electrons. The van der Waals surface area contributed by atoms with Gasteiger partial charge in [0.25, 0.3) is 0 Å². The van der Waals surface area contributed by atoms with E-state index in [0.29, 0.717) is 6.42 Å². The Morgan fingerprint density at radius 2 is 1.83 bits per heavy atom.